The molecule has 3 rings (SSSR count). The quantitative estimate of drug-likeness (QED) is 0.441. The summed E-state index contributed by atoms with van der Waals surface area (Å²) in [5, 5.41) is 6.54. The number of amides is 1. The number of fused-ring (bicyclic) bond motifs is 1. The number of pyridine rings is 1. The van der Waals surface area contributed by atoms with E-state index in [4.69, 9.17) is 0 Å². The Hall–Kier alpha value is -2.89. The molecule has 1 aliphatic heterocycles. The number of hydrogen-bond acceptors (Lipinski definition) is 3. The standard InChI is InChI=1S/C22H29N5O/c1-2-23-22(26-16-20-10-5-6-13-24-20)25-14-7-11-21(28)27-15-12-18-8-3-4-9-19(18)17-27/h3-6,8-10,13H,2,7,11-12,14-17H2,1H3,(H2,23,25,26). The number of hydrogen-bond donors (Lipinski definition) is 2. The lowest BCUT2D eigenvalue weighted by atomic mass is 9.99. The molecular weight excluding hydrogens is 350 g/mol. The van der Waals surface area contributed by atoms with Crippen LogP contribution in [0.1, 0.15) is 36.6 Å². The van der Waals surface area contributed by atoms with Crippen LogP contribution in [0.15, 0.2) is 53.7 Å². The molecule has 0 saturated carbocycles. The molecule has 1 aromatic heterocycles. The van der Waals surface area contributed by atoms with Gasteiger partial charge in [0.15, 0.2) is 5.96 Å². The van der Waals surface area contributed by atoms with E-state index < -0.39 is 0 Å². The largest absolute Gasteiger partial charge is 0.357 e. The van der Waals surface area contributed by atoms with E-state index >= 15 is 0 Å². The highest BCUT2D eigenvalue weighted by atomic mass is 16.2. The minimum atomic E-state index is 0.228. The highest BCUT2D eigenvalue weighted by Gasteiger charge is 2.19. The zero-order valence-corrected chi connectivity index (χ0v) is 16.5. The molecule has 1 amide bonds. The second kappa shape index (κ2) is 10.4. The Bertz CT molecular complexity index is 791. The van der Waals surface area contributed by atoms with E-state index in [0.717, 1.165) is 44.1 Å². The van der Waals surface area contributed by atoms with Gasteiger partial charge >= 0.3 is 0 Å². The molecule has 148 valence electrons. The van der Waals surface area contributed by atoms with Crippen LogP contribution in [0.3, 0.4) is 0 Å². The minimum Gasteiger partial charge on any atom is -0.357 e. The lowest BCUT2D eigenvalue weighted by Gasteiger charge is -2.29. The van der Waals surface area contributed by atoms with Crippen LogP contribution in [0.5, 0.6) is 0 Å². The van der Waals surface area contributed by atoms with Gasteiger partial charge in [-0.15, -0.1) is 0 Å². The molecule has 0 aliphatic carbocycles. The highest BCUT2D eigenvalue weighted by molar-refractivity contribution is 5.80. The maximum absolute atomic E-state index is 12.5. The number of carbonyl (C=O) groups excluding carboxylic acids is 1. The van der Waals surface area contributed by atoms with Gasteiger partial charge in [-0.1, -0.05) is 30.3 Å². The van der Waals surface area contributed by atoms with Crippen molar-refractivity contribution in [1.29, 1.82) is 0 Å². The summed E-state index contributed by atoms with van der Waals surface area (Å²) in [6.45, 7) is 5.62. The van der Waals surface area contributed by atoms with Crippen molar-refractivity contribution in [2.24, 2.45) is 4.99 Å². The first-order valence-corrected chi connectivity index (χ1v) is 10.0. The monoisotopic (exact) mass is 379 g/mol. The number of aliphatic imine (C=N–C) groups is 1. The first kappa shape index (κ1) is 19.9. The molecule has 0 spiro atoms. The second-order valence-electron chi connectivity index (χ2n) is 6.88. The van der Waals surface area contributed by atoms with Gasteiger partial charge in [0.25, 0.3) is 0 Å². The summed E-state index contributed by atoms with van der Waals surface area (Å²) >= 11 is 0. The van der Waals surface area contributed by atoms with Crippen molar-refractivity contribution in [2.75, 3.05) is 19.6 Å². The van der Waals surface area contributed by atoms with Crippen molar-refractivity contribution < 1.29 is 4.79 Å². The molecule has 2 N–H and O–H groups in total. The number of rotatable bonds is 7. The van der Waals surface area contributed by atoms with Crippen molar-refractivity contribution in [3.63, 3.8) is 0 Å². The van der Waals surface area contributed by atoms with Crippen molar-refractivity contribution in [1.82, 2.24) is 20.5 Å². The molecule has 6 heteroatoms. The maximum Gasteiger partial charge on any atom is 0.222 e. The van der Waals surface area contributed by atoms with Crippen LogP contribution in [0.25, 0.3) is 0 Å². The Morgan fingerprint density at radius 1 is 1.14 bits per heavy atom. The lowest BCUT2D eigenvalue weighted by Crippen LogP contribution is -2.39. The summed E-state index contributed by atoms with van der Waals surface area (Å²) in [5.74, 6) is 0.985. The fourth-order valence-electron chi connectivity index (χ4n) is 3.31. The van der Waals surface area contributed by atoms with Crippen molar-refractivity contribution in [3.05, 3.63) is 65.5 Å². The predicted octanol–water partition coefficient (Wildman–Crippen LogP) is 2.50. The van der Waals surface area contributed by atoms with E-state index in [2.05, 4.69) is 38.8 Å². The molecule has 0 fully saturated rings. The molecule has 2 aromatic rings. The van der Waals surface area contributed by atoms with Crippen molar-refractivity contribution in [3.8, 4) is 0 Å². The topological polar surface area (TPSA) is 69.6 Å². The molecule has 1 aromatic carbocycles. The van der Waals surface area contributed by atoms with E-state index in [0.29, 0.717) is 19.5 Å². The van der Waals surface area contributed by atoms with Gasteiger partial charge in [0.1, 0.15) is 0 Å². The SMILES string of the molecule is CCNC(=NCc1ccccn1)NCCCC(=O)N1CCc2ccccc2C1. The fourth-order valence-corrected chi connectivity index (χ4v) is 3.31. The Labute approximate surface area is 167 Å². The molecule has 0 radical (unpaired) electrons. The van der Waals surface area contributed by atoms with Gasteiger partial charge in [0.2, 0.25) is 5.91 Å². The second-order valence-corrected chi connectivity index (χ2v) is 6.88. The number of carbonyl (C=O) groups is 1. The summed E-state index contributed by atoms with van der Waals surface area (Å²) in [7, 11) is 0. The normalized spacial score (nSPS) is 13.8. The highest BCUT2D eigenvalue weighted by Crippen LogP contribution is 2.19. The third-order valence-electron chi connectivity index (χ3n) is 4.81. The summed E-state index contributed by atoms with van der Waals surface area (Å²) in [6.07, 6.45) is 4.06. The molecule has 28 heavy (non-hydrogen) atoms. The Kier molecular flexibility index (Phi) is 7.41. The minimum absolute atomic E-state index is 0.228. The first-order valence-electron chi connectivity index (χ1n) is 10.0. The zero-order valence-electron chi connectivity index (χ0n) is 16.5. The Balaban J connectivity index is 1.41. The smallest absolute Gasteiger partial charge is 0.222 e. The number of nitrogens with one attached hydrogen (secondary N) is 2. The van der Waals surface area contributed by atoms with Gasteiger partial charge in [-0.3, -0.25) is 9.78 Å². The summed E-state index contributed by atoms with van der Waals surface area (Å²) in [6, 6.07) is 14.2. The number of aromatic nitrogens is 1. The molecule has 0 atom stereocenters. The van der Waals surface area contributed by atoms with Crippen LogP contribution in [-0.4, -0.2) is 41.4 Å². The average Bonchev–Trinajstić information content (AvgIpc) is 2.75. The molecule has 0 saturated heterocycles. The molecule has 2 heterocycles. The number of guanidine groups is 1. The molecule has 0 bridgehead atoms. The molecule has 6 nitrogen and oxygen atoms in total. The van der Waals surface area contributed by atoms with Crippen LogP contribution in [0, 0.1) is 0 Å². The van der Waals surface area contributed by atoms with Gasteiger partial charge in [-0.05, 0) is 43.0 Å². The van der Waals surface area contributed by atoms with Gasteiger partial charge in [0.05, 0.1) is 12.2 Å². The summed E-state index contributed by atoms with van der Waals surface area (Å²) in [4.78, 5) is 23.3. The number of nitrogens with zero attached hydrogens (tertiary/aromatic N) is 3. The van der Waals surface area contributed by atoms with Crippen LogP contribution in [-0.2, 0) is 24.3 Å². The predicted molar refractivity (Wildman–Crippen MR) is 112 cm³/mol. The van der Waals surface area contributed by atoms with Crippen LogP contribution < -0.4 is 10.6 Å². The summed E-state index contributed by atoms with van der Waals surface area (Å²) in [5.41, 5.74) is 3.57. The molecule has 0 unspecified atom stereocenters. The van der Waals surface area contributed by atoms with E-state index in [1.54, 1.807) is 6.20 Å². The zero-order chi connectivity index (χ0) is 19.6. The van der Waals surface area contributed by atoms with Gasteiger partial charge in [0, 0.05) is 38.8 Å². The fraction of sp³-hybridized carbons (Fsp3) is 0.409. The maximum atomic E-state index is 12.5. The van der Waals surface area contributed by atoms with E-state index in [1.807, 2.05) is 36.1 Å². The average molecular weight is 380 g/mol. The van der Waals surface area contributed by atoms with Crippen LogP contribution in [0.4, 0.5) is 0 Å². The molecular formula is C22H29N5O. The van der Waals surface area contributed by atoms with E-state index in [-0.39, 0.29) is 5.91 Å². The molecule has 1 aliphatic rings. The van der Waals surface area contributed by atoms with E-state index in [1.165, 1.54) is 11.1 Å². The van der Waals surface area contributed by atoms with Crippen molar-refractivity contribution >= 4 is 11.9 Å². The first-order chi connectivity index (χ1) is 13.8. The Morgan fingerprint density at radius 3 is 2.75 bits per heavy atom. The lowest BCUT2D eigenvalue weighted by molar-refractivity contribution is -0.132. The summed E-state index contributed by atoms with van der Waals surface area (Å²) < 4.78 is 0. The van der Waals surface area contributed by atoms with Gasteiger partial charge < -0.3 is 15.5 Å². The third kappa shape index (κ3) is 5.81. The third-order valence-corrected chi connectivity index (χ3v) is 4.81. The number of benzene rings is 1. The Morgan fingerprint density at radius 2 is 1.96 bits per heavy atom. The van der Waals surface area contributed by atoms with Gasteiger partial charge in [-0.25, -0.2) is 4.99 Å². The van der Waals surface area contributed by atoms with Crippen LogP contribution in [0.2, 0.25) is 0 Å². The van der Waals surface area contributed by atoms with Crippen LogP contribution >= 0.6 is 0 Å². The van der Waals surface area contributed by atoms with Crippen molar-refractivity contribution in [2.45, 2.75) is 39.3 Å². The van der Waals surface area contributed by atoms with Gasteiger partial charge in [-0.2, -0.15) is 0 Å². The van der Waals surface area contributed by atoms with E-state index in [9.17, 15) is 4.79 Å².